The fourth-order valence-electron chi connectivity index (χ4n) is 2.41. The Morgan fingerprint density at radius 1 is 1.18 bits per heavy atom. The van der Waals surface area contributed by atoms with Gasteiger partial charge in [-0.2, -0.15) is 0 Å². The van der Waals surface area contributed by atoms with Gasteiger partial charge in [-0.25, -0.2) is 9.78 Å². The van der Waals surface area contributed by atoms with E-state index in [2.05, 4.69) is 9.72 Å². The van der Waals surface area contributed by atoms with Gasteiger partial charge in [0.25, 0.3) is 0 Å². The number of esters is 1. The van der Waals surface area contributed by atoms with Crippen LogP contribution in [0, 0.1) is 0 Å². The Labute approximate surface area is 127 Å². The highest BCUT2D eigenvalue weighted by Gasteiger charge is 2.16. The minimum atomic E-state index is -0.623. The average Bonchev–Trinajstić information content (AvgIpc) is 2.55. The van der Waals surface area contributed by atoms with Gasteiger partial charge >= 0.3 is 5.97 Å². The van der Waals surface area contributed by atoms with Gasteiger partial charge in [0.2, 0.25) is 0 Å². The van der Waals surface area contributed by atoms with Crippen molar-refractivity contribution in [3.05, 3.63) is 54.2 Å². The lowest BCUT2D eigenvalue weighted by Crippen LogP contribution is -2.05. The third-order valence-corrected chi connectivity index (χ3v) is 3.45. The van der Waals surface area contributed by atoms with Crippen LogP contribution in [0.15, 0.2) is 48.5 Å². The number of methoxy groups -OCH3 is 1. The molecule has 0 fully saturated rings. The average molecular weight is 294 g/mol. The first-order valence-corrected chi connectivity index (χ1v) is 6.67. The number of hydrogen-bond donors (Lipinski definition) is 2. The van der Waals surface area contributed by atoms with E-state index >= 15 is 0 Å². The number of fused-ring (bicyclic) bond motifs is 1. The Kier molecular flexibility index (Phi) is 3.39. The first-order valence-electron chi connectivity index (χ1n) is 6.67. The molecule has 0 unspecified atom stereocenters. The van der Waals surface area contributed by atoms with Crippen LogP contribution in [-0.4, -0.2) is 23.2 Å². The lowest BCUT2D eigenvalue weighted by atomic mass is 9.99. The third-order valence-electron chi connectivity index (χ3n) is 3.45. The molecule has 110 valence electrons. The topological polar surface area (TPSA) is 85.4 Å². The molecule has 0 spiro atoms. The number of aromatic hydroxyl groups is 1. The molecule has 22 heavy (non-hydrogen) atoms. The van der Waals surface area contributed by atoms with E-state index in [-0.39, 0.29) is 11.4 Å². The van der Waals surface area contributed by atoms with E-state index in [1.807, 2.05) is 36.4 Å². The summed E-state index contributed by atoms with van der Waals surface area (Å²) < 4.78 is 4.64. The Morgan fingerprint density at radius 3 is 2.59 bits per heavy atom. The molecule has 0 aliphatic heterocycles. The van der Waals surface area contributed by atoms with Gasteiger partial charge in [-0.05, 0) is 17.2 Å². The molecule has 3 rings (SSSR count). The predicted molar refractivity (Wildman–Crippen MR) is 84.6 cm³/mol. The summed E-state index contributed by atoms with van der Waals surface area (Å²) in [5, 5.41) is 10.9. The summed E-state index contributed by atoms with van der Waals surface area (Å²) >= 11 is 0. The van der Waals surface area contributed by atoms with Gasteiger partial charge in [0.05, 0.1) is 23.7 Å². The highest BCUT2D eigenvalue weighted by Crippen LogP contribution is 2.37. The lowest BCUT2D eigenvalue weighted by Gasteiger charge is -2.11. The van der Waals surface area contributed by atoms with Crippen molar-refractivity contribution in [2.45, 2.75) is 0 Å². The van der Waals surface area contributed by atoms with E-state index in [0.717, 1.165) is 11.1 Å². The summed E-state index contributed by atoms with van der Waals surface area (Å²) in [6.45, 7) is 0. The molecule has 0 atom stereocenters. The first kappa shape index (κ1) is 13.9. The highest BCUT2D eigenvalue weighted by molar-refractivity contribution is 6.06. The number of anilines is 1. The zero-order valence-corrected chi connectivity index (χ0v) is 11.9. The summed E-state index contributed by atoms with van der Waals surface area (Å²) in [5.74, 6) is -0.682. The number of ether oxygens (including phenoxy) is 1. The number of benzene rings is 2. The summed E-state index contributed by atoms with van der Waals surface area (Å²) in [4.78, 5) is 15.9. The number of nitrogens with two attached hydrogens (primary N) is 1. The zero-order valence-electron chi connectivity index (χ0n) is 11.9. The molecule has 0 radical (unpaired) electrons. The fraction of sp³-hybridized carbons (Fsp3) is 0.0588. The van der Waals surface area contributed by atoms with Crippen molar-refractivity contribution in [3.8, 4) is 16.9 Å². The van der Waals surface area contributed by atoms with Crippen LogP contribution in [0.2, 0.25) is 0 Å². The summed E-state index contributed by atoms with van der Waals surface area (Å²) in [5.41, 5.74) is 8.46. The van der Waals surface area contributed by atoms with Crippen LogP contribution < -0.4 is 5.73 Å². The molecule has 0 amide bonds. The van der Waals surface area contributed by atoms with Gasteiger partial charge < -0.3 is 15.6 Å². The maximum atomic E-state index is 11.6. The number of hydrogen-bond acceptors (Lipinski definition) is 5. The van der Waals surface area contributed by atoms with Crippen LogP contribution in [0.4, 0.5) is 5.69 Å². The van der Waals surface area contributed by atoms with Crippen LogP contribution in [0.5, 0.6) is 5.75 Å². The van der Waals surface area contributed by atoms with Gasteiger partial charge in [0, 0.05) is 6.07 Å². The molecule has 5 heteroatoms. The van der Waals surface area contributed by atoms with Gasteiger partial charge in [0.15, 0.2) is 5.69 Å². The minimum absolute atomic E-state index is 0.0180. The molecule has 0 aliphatic rings. The van der Waals surface area contributed by atoms with E-state index in [1.165, 1.54) is 13.2 Å². The highest BCUT2D eigenvalue weighted by atomic mass is 16.5. The molecular formula is C17H14N2O3. The second-order valence-electron chi connectivity index (χ2n) is 4.81. The largest absolute Gasteiger partial charge is 0.507 e. The van der Waals surface area contributed by atoms with Crippen LogP contribution in [0.25, 0.3) is 22.0 Å². The second kappa shape index (κ2) is 5.37. The minimum Gasteiger partial charge on any atom is -0.507 e. The molecule has 3 N–H and O–H groups in total. The Hall–Kier alpha value is -3.08. The molecule has 0 saturated carbocycles. The van der Waals surface area contributed by atoms with Gasteiger partial charge in [-0.1, -0.05) is 36.4 Å². The van der Waals surface area contributed by atoms with Crippen molar-refractivity contribution in [1.29, 1.82) is 0 Å². The van der Waals surface area contributed by atoms with Gasteiger partial charge in [0.1, 0.15) is 5.75 Å². The Morgan fingerprint density at radius 2 is 1.91 bits per heavy atom. The van der Waals surface area contributed by atoms with E-state index < -0.39 is 5.97 Å². The molecule has 0 saturated heterocycles. The monoisotopic (exact) mass is 294 g/mol. The van der Waals surface area contributed by atoms with Crippen LogP contribution >= 0.6 is 0 Å². The maximum absolute atomic E-state index is 11.6. The van der Waals surface area contributed by atoms with Crippen molar-refractivity contribution in [1.82, 2.24) is 4.98 Å². The lowest BCUT2D eigenvalue weighted by molar-refractivity contribution is 0.0594. The van der Waals surface area contributed by atoms with E-state index in [1.54, 1.807) is 6.07 Å². The maximum Gasteiger partial charge on any atom is 0.356 e. The van der Waals surface area contributed by atoms with Crippen LogP contribution in [0.1, 0.15) is 10.5 Å². The molecular weight excluding hydrogens is 280 g/mol. The number of pyridine rings is 1. The van der Waals surface area contributed by atoms with Crippen molar-refractivity contribution >= 4 is 22.6 Å². The number of carbonyl (C=O) groups excluding carboxylic acids is 1. The summed E-state index contributed by atoms with van der Waals surface area (Å²) in [6.07, 6.45) is 0. The molecule has 5 nitrogen and oxygen atoms in total. The van der Waals surface area contributed by atoms with Crippen LogP contribution in [-0.2, 0) is 4.74 Å². The summed E-state index contributed by atoms with van der Waals surface area (Å²) in [7, 11) is 1.26. The third kappa shape index (κ3) is 2.22. The predicted octanol–water partition coefficient (Wildman–Crippen LogP) is 2.98. The van der Waals surface area contributed by atoms with Crippen molar-refractivity contribution in [2.24, 2.45) is 0 Å². The molecule has 0 bridgehead atoms. The second-order valence-corrected chi connectivity index (χ2v) is 4.81. The van der Waals surface area contributed by atoms with Gasteiger partial charge in [-0.3, -0.25) is 0 Å². The van der Waals surface area contributed by atoms with Crippen molar-refractivity contribution in [2.75, 3.05) is 12.8 Å². The zero-order chi connectivity index (χ0) is 15.7. The van der Waals surface area contributed by atoms with Crippen LogP contribution in [0.3, 0.4) is 0 Å². The Balaban J connectivity index is 2.34. The van der Waals surface area contributed by atoms with E-state index in [0.29, 0.717) is 16.6 Å². The molecule has 0 aliphatic carbocycles. The molecule has 2 aromatic carbocycles. The van der Waals surface area contributed by atoms with Gasteiger partial charge in [-0.15, -0.1) is 0 Å². The Bertz CT molecular complexity index is 861. The van der Waals surface area contributed by atoms with E-state index in [4.69, 9.17) is 5.73 Å². The molecule has 3 aromatic rings. The number of rotatable bonds is 2. The van der Waals surface area contributed by atoms with Crippen molar-refractivity contribution in [3.63, 3.8) is 0 Å². The normalized spacial score (nSPS) is 10.6. The fourth-order valence-corrected chi connectivity index (χ4v) is 2.41. The van der Waals surface area contributed by atoms with E-state index in [9.17, 15) is 9.90 Å². The molecule has 1 aromatic heterocycles. The number of nitrogen functional groups attached to an aromatic ring is 1. The number of carbonyl (C=O) groups is 1. The smallest absolute Gasteiger partial charge is 0.356 e. The standard InChI is InChI=1S/C17H14N2O3/c1-22-17(21)13-9-14(20)15-11(10-5-3-2-4-6-10)7-8-12(18)16(15)19-13/h2-9H,18H2,1H3,(H,19,20). The summed E-state index contributed by atoms with van der Waals surface area (Å²) in [6, 6.07) is 14.4. The first-order chi connectivity index (χ1) is 10.6. The number of aromatic nitrogens is 1. The van der Waals surface area contributed by atoms with Crippen molar-refractivity contribution < 1.29 is 14.6 Å². The quantitative estimate of drug-likeness (QED) is 0.560. The molecule has 1 heterocycles. The SMILES string of the molecule is COC(=O)c1cc(O)c2c(-c3ccccc3)ccc(N)c2n1. The number of nitrogens with zero attached hydrogens (tertiary/aromatic N) is 1.